The number of hydrogen-bond acceptors (Lipinski definition) is 5. The maximum absolute atomic E-state index is 13.0. The second kappa shape index (κ2) is 61.3. The molecule has 0 aromatic carbocycles. The maximum atomic E-state index is 13.0. The molecule has 0 saturated carbocycles. The van der Waals surface area contributed by atoms with E-state index in [0.29, 0.717) is 17.4 Å². The quantitative estimate of drug-likeness (QED) is 0.0243. The van der Waals surface area contributed by atoms with Gasteiger partial charge >= 0.3 is 7.82 Å². The number of nitrogens with zero attached hydrogens (tertiary/aromatic N) is 1. The van der Waals surface area contributed by atoms with Gasteiger partial charge in [-0.1, -0.05) is 333 Å². The van der Waals surface area contributed by atoms with Gasteiger partial charge in [0.15, 0.2) is 0 Å². The van der Waals surface area contributed by atoms with Crippen LogP contribution in [0.15, 0.2) is 36.5 Å². The summed E-state index contributed by atoms with van der Waals surface area (Å²) >= 11 is 0. The second-order valence-corrected chi connectivity index (χ2v) is 26.7. The van der Waals surface area contributed by atoms with Crippen molar-refractivity contribution < 1.29 is 32.9 Å². The molecule has 0 saturated heterocycles. The van der Waals surface area contributed by atoms with Gasteiger partial charge in [-0.05, 0) is 51.4 Å². The first-order chi connectivity index (χ1) is 38.5. The molecule has 79 heavy (non-hydrogen) atoms. The standard InChI is InChI=1S/C70H137N2O6P/c1-6-8-10-12-14-16-18-20-22-24-26-27-28-29-30-31-32-33-34-35-36-37-38-39-40-41-42-43-44-45-46-48-50-52-54-56-58-60-62-64-70(74)71-68(67-78-79(75,76)77-66-65-72(3,4)5)69(73)63-61-59-57-55-53-51-49-47-25-23-21-19-17-15-13-11-9-7-2/h32-33,35-36,61,63,68-69,73H,6-31,34,37-60,62,64-67H2,1-5H3,(H-,71,74,75,76)/p+1/b33-32-,36-35-,63-61+. The Bertz CT molecular complexity index is 1380. The summed E-state index contributed by atoms with van der Waals surface area (Å²) < 4.78 is 23.8. The van der Waals surface area contributed by atoms with E-state index in [-0.39, 0.29) is 19.1 Å². The number of quaternary nitrogens is 1. The second-order valence-electron chi connectivity index (χ2n) is 25.3. The summed E-state index contributed by atoms with van der Waals surface area (Å²) in [5.74, 6) is -0.171. The first kappa shape index (κ1) is 77.7. The molecule has 0 bridgehead atoms. The smallest absolute Gasteiger partial charge is 0.387 e. The van der Waals surface area contributed by atoms with Gasteiger partial charge in [-0.25, -0.2) is 4.57 Å². The molecule has 8 nitrogen and oxygen atoms in total. The number of phosphoric ester groups is 1. The highest BCUT2D eigenvalue weighted by atomic mass is 31.2. The lowest BCUT2D eigenvalue weighted by Gasteiger charge is -2.25. The number of unbranched alkanes of at least 4 members (excludes halogenated alkanes) is 48. The van der Waals surface area contributed by atoms with Gasteiger partial charge in [-0.15, -0.1) is 0 Å². The number of hydrogen-bond donors (Lipinski definition) is 3. The van der Waals surface area contributed by atoms with Gasteiger partial charge in [-0.3, -0.25) is 13.8 Å². The van der Waals surface area contributed by atoms with Gasteiger partial charge in [-0.2, -0.15) is 0 Å². The zero-order valence-corrected chi connectivity index (χ0v) is 54.5. The molecular weight excluding hydrogens is 996 g/mol. The van der Waals surface area contributed by atoms with Gasteiger partial charge in [0, 0.05) is 6.42 Å². The first-order valence-electron chi connectivity index (χ1n) is 34.9. The molecule has 3 unspecified atom stereocenters. The highest BCUT2D eigenvalue weighted by Gasteiger charge is 2.28. The lowest BCUT2D eigenvalue weighted by molar-refractivity contribution is -0.870. The van der Waals surface area contributed by atoms with E-state index in [4.69, 9.17) is 9.05 Å². The van der Waals surface area contributed by atoms with Gasteiger partial charge in [0.2, 0.25) is 5.91 Å². The Kier molecular flexibility index (Phi) is 60.3. The molecule has 468 valence electrons. The van der Waals surface area contributed by atoms with Crippen molar-refractivity contribution >= 4 is 13.7 Å². The molecule has 0 heterocycles. The van der Waals surface area contributed by atoms with Crippen LogP contribution in [0.25, 0.3) is 0 Å². The van der Waals surface area contributed by atoms with E-state index in [1.807, 2.05) is 27.2 Å². The number of phosphoric acid groups is 1. The van der Waals surface area contributed by atoms with E-state index in [0.717, 1.165) is 44.9 Å². The van der Waals surface area contributed by atoms with Crippen molar-refractivity contribution in [3.63, 3.8) is 0 Å². The number of rotatable bonds is 65. The van der Waals surface area contributed by atoms with E-state index in [2.05, 4.69) is 43.5 Å². The van der Waals surface area contributed by atoms with Crippen LogP contribution in [0.2, 0.25) is 0 Å². The van der Waals surface area contributed by atoms with Crippen LogP contribution in [-0.4, -0.2) is 73.4 Å². The lowest BCUT2D eigenvalue weighted by Crippen LogP contribution is -2.45. The Hall–Kier alpha value is -1.28. The Balaban J connectivity index is 3.94. The minimum absolute atomic E-state index is 0.0631. The van der Waals surface area contributed by atoms with Crippen LogP contribution >= 0.6 is 7.82 Å². The van der Waals surface area contributed by atoms with Crippen LogP contribution in [0, 0.1) is 0 Å². The minimum atomic E-state index is -4.35. The molecule has 0 rings (SSSR count). The third-order valence-electron chi connectivity index (χ3n) is 16.1. The molecule has 0 fully saturated rings. The van der Waals surface area contributed by atoms with Crippen molar-refractivity contribution in [1.82, 2.24) is 5.32 Å². The van der Waals surface area contributed by atoms with E-state index in [1.54, 1.807) is 6.08 Å². The summed E-state index contributed by atoms with van der Waals surface area (Å²) in [5.41, 5.74) is 0. The fourth-order valence-corrected chi connectivity index (χ4v) is 11.4. The van der Waals surface area contributed by atoms with Crippen molar-refractivity contribution in [2.75, 3.05) is 40.9 Å². The number of aliphatic hydroxyl groups excluding tert-OH is 1. The third-order valence-corrected chi connectivity index (χ3v) is 17.1. The number of likely N-dealkylation sites (N-methyl/N-ethyl adjacent to an activating group) is 1. The van der Waals surface area contributed by atoms with Gasteiger partial charge in [0.1, 0.15) is 13.2 Å². The van der Waals surface area contributed by atoms with Gasteiger partial charge < -0.3 is 19.8 Å². The minimum Gasteiger partial charge on any atom is -0.387 e. The summed E-state index contributed by atoms with van der Waals surface area (Å²) in [6.07, 6.45) is 81.6. The normalized spacial score (nSPS) is 13.9. The van der Waals surface area contributed by atoms with Crippen molar-refractivity contribution in [3.8, 4) is 0 Å². The number of nitrogens with one attached hydrogen (secondary N) is 1. The van der Waals surface area contributed by atoms with E-state index in [1.165, 1.54) is 289 Å². The zero-order valence-electron chi connectivity index (χ0n) is 53.6. The first-order valence-corrected chi connectivity index (χ1v) is 36.4. The summed E-state index contributed by atoms with van der Waals surface area (Å²) in [4.78, 5) is 23.4. The van der Waals surface area contributed by atoms with Gasteiger partial charge in [0.05, 0.1) is 39.9 Å². The third kappa shape index (κ3) is 64.1. The lowest BCUT2D eigenvalue weighted by atomic mass is 10.0. The van der Waals surface area contributed by atoms with Crippen LogP contribution in [0.1, 0.15) is 354 Å². The van der Waals surface area contributed by atoms with Crippen molar-refractivity contribution in [1.29, 1.82) is 0 Å². The Morgan fingerprint density at radius 2 is 0.722 bits per heavy atom. The number of amides is 1. The molecule has 3 N–H and O–H groups in total. The molecule has 0 aromatic rings. The molecule has 0 aromatic heterocycles. The Morgan fingerprint density at radius 1 is 0.430 bits per heavy atom. The fourth-order valence-electron chi connectivity index (χ4n) is 10.7. The Labute approximate surface area is 493 Å². The SMILES string of the molecule is CCCCCCCCCCCCCCCCC/C=C\C/C=C\CCCCCCCCCCCCCCCCCCCC(=O)NC(COP(=O)(O)OCC[N+](C)(C)C)C(O)/C=C/CCCCCCCCCCCCCCCCCC. The van der Waals surface area contributed by atoms with E-state index >= 15 is 0 Å². The van der Waals surface area contributed by atoms with Crippen molar-refractivity contribution in [3.05, 3.63) is 36.5 Å². The van der Waals surface area contributed by atoms with Crippen LogP contribution in [-0.2, 0) is 18.4 Å². The molecular formula is C70H138N2O6P+. The summed E-state index contributed by atoms with van der Waals surface area (Å²) in [6, 6.07) is -0.846. The monoisotopic (exact) mass is 1130 g/mol. The largest absolute Gasteiger partial charge is 0.472 e. The van der Waals surface area contributed by atoms with E-state index < -0.39 is 20.0 Å². The van der Waals surface area contributed by atoms with Crippen LogP contribution in [0.3, 0.4) is 0 Å². The molecule has 0 radical (unpaired) electrons. The van der Waals surface area contributed by atoms with E-state index in [9.17, 15) is 19.4 Å². The Morgan fingerprint density at radius 3 is 1.04 bits per heavy atom. The number of carbonyl (C=O) groups excluding carboxylic acids is 1. The molecule has 3 atom stereocenters. The molecule has 0 aliphatic carbocycles. The molecule has 9 heteroatoms. The maximum Gasteiger partial charge on any atom is 0.472 e. The fraction of sp³-hybridized carbons (Fsp3) is 0.900. The molecule has 1 amide bonds. The highest BCUT2D eigenvalue weighted by Crippen LogP contribution is 2.43. The topological polar surface area (TPSA) is 105 Å². The highest BCUT2D eigenvalue weighted by molar-refractivity contribution is 7.47. The summed E-state index contributed by atoms with van der Waals surface area (Å²) in [6.45, 7) is 4.87. The summed E-state index contributed by atoms with van der Waals surface area (Å²) in [7, 11) is 1.59. The zero-order chi connectivity index (χ0) is 57.7. The van der Waals surface area contributed by atoms with Crippen LogP contribution in [0.4, 0.5) is 0 Å². The summed E-state index contributed by atoms with van der Waals surface area (Å²) in [5, 5.41) is 14.0. The molecule has 0 spiro atoms. The number of aliphatic hydroxyl groups is 1. The predicted octanol–water partition coefficient (Wildman–Crippen LogP) is 22.1. The molecule has 0 aliphatic heterocycles. The predicted molar refractivity (Wildman–Crippen MR) is 346 cm³/mol. The average molecular weight is 1130 g/mol. The average Bonchev–Trinajstić information content (AvgIpc) is 3.42. The van der Waals surface area contributed by atoms with Crippen LogP contribution < -0.4 is 5.32 Å². The van der Waals surface area contributed by atoms with Gasteiger partial charge in [0.25, 0.3) is 0 Å². The van der Waals surface area contributed by atoms with Crippen molar-refractivity contribution in [2.45, 2.75) is 366 Å². The molecule has 0 aliphatic rings. The van der Waals surface area contributed by atoms with Crippen molar-refractivity contribution in [2.24, 2.45) is 0 Å². The number of carbonyl (C=O) groups is 1. The van der Waals surface area contributed by atoms with Crippen LogP contribution in [0.5, 0.6) is 0 Å². The number of allylic oxidation sites excluding steroid dienone is 5.